The zero-order valence-corrected chi connectivity index (χ0v) is 12.2. The van der Waals surface area contributed by atoms with Crippen LogP contribution in [0.5, 0.6) is 0 Å². The molecule has 1 N–H and O–H groups in total. The summed E-state index contributed by atoms with van der Waals surface area (Å²) < 4.78 is 7.85. The van der Waals surface area contributed by atoms with Crippen molar-refractivity contribution < 1.29 is 4.74 Å². The Labute approximate surface area is 118 Å². The van der Waals surface area contributed by atoms with E-state index in [1.807, 2.05) is 16.7 Å². The van der Waals surface area contributed by atoms with Crippen LogP contribution in [0.1, 0.15) is 24.7 Å². The quantitative estimate of drug-likeness (QED) is 0.825. The van der Waals surface area contributed by atoms with Crippen molar-refractivity contribution >= 4 is 12.2 Å². The van der Waals surface area contributed by atoms with Crippen LogP contribution in [-0.2, 0) is 17.6 Å². The molecule has 1 aromatic heterocycles. The summed E-state index contributed by atoms with van der Waals surface area (Å²) in [6.45, 7) is 2.84. The third-order valence-corrected chi connectivity index (χ3v) is 3.30. The molecule has 0 atom stereocenters. The number of H-pyrrole nitrogens is 1. The molecule has 19 heavy (non-hydrogen) atoms. The van der Waals surface area contributed by atoms with Gasteiger partial charge in [-0.2, -0.15) is 5.10 Å². The Morgan fingerprint density at radius 2 is 2.11 bits per heavy atom. The monoisotopic (exact) mass is 277 g/mol. The highest BCUT2D eigenvalue weighted by Gasteiger charge is 2.10. The zero-order valence-electron chi connectivity index (χ0n) is 11.3. The molecular weight excluding hydrogens is 258 g/mol. The second-order valence-corrected chi connectivity index (χ2v) is 4.79. The van der Waals surface area contributed by atoms with Gasteiger partial charge in [-0.1, -0.05) is 25.1 Å². The molecule has 0 spiro atoms. The van der Waals surface area contributed by atoms with Gasteiger partial charge in [0.2, 0.25) is 0 Å². The molecule has 0 unspecified atom stereocenters. The van der Waals surface area contributed by atoms with E-state index in [4.69, 9.17) is 17.0 Å². The van der Waals surface area contributed by atoms with Gasteiger partial charge in [0.15, 0.2) is 4.77 Å². The lowest BCUT2D eigenvalue weighted by Crippen LogP contribution is -2.06. The molecule has 0 saturated heterocycles. The van der Waals surface area contributed by atoms with Crippen LogP contribution < -0.4 is 0 Å². The third kappa shape index (κ3) is 3.11. The van der Waals surface area contributed by atoms with Gasteiger partial charge in [-0.05, 0) is 36.7 Å². The van der Waals surface area contributed by atoms with Crippen LogP contribution in [0, 0.1) is 4.77 Å². The summed E-state index contributed by atoms with van der Waals surface area (Å²) in [6, 6.07) is 8.25. The lowest BCUT2D eigenvalue weighted by Gasteiger charge is -2.11. The zero-order chi connectivity index (χ0) is 13.7. The summed E-state index contributed by atoms with van der Waals surface area (Å²) >= 11 is 5.35. The second-order valence-electron chi connectivity index (χ2n) is 4.40. The highest BCUT2D eigenvalue weighted by atomic mass is 32.1. The molecule has 0 aliphatic carbocycles. The Morgan fingerprint density at radius 3 is 2.84 bits per heavy atom. The number of aromatic nitrogens is 3. The van der Waals surface area contributed by atoms with Crippen molar-refractivity contribution in [3.63, 3.8) is 0 Å². The van der Waals surface area contributed by atoms with Gasteiger partial charge >= 0.3 is 0 Å². The van der Waals surface area contributed by atoms with Gasteiger partial charge in [0.1, 0.15) is 5.82 Å². The Hall–Kier alpha value is -1.46. The first kappa shape index (κ1) is 14.0. The van der Waals surface area contributed by atoms with Crippen LogP contribution >= 0.6 is 12.2 Å². The molecule has 0 fully saturated rings. The molecule has 1 aromatic carbocycles. The molecule has 0 bridgehead atoms. The second kappa shape index (κ2) is 6.63. The molecular formula is C14H19N3OS. The predicted molar refractivity (Wildman–Crippen MR) is 78.3 cm³/mol. The van der Waals surface area contributed by atoms with Crippen molar-refractivity contribution in [3.8, 4) is 5.69 Å². The van der Waals surface area contributed by atoms with Crippen LogP contribution in [0.25, 0.3) is 5.69 Å². The number of benzene rings is 1. The molecule has 4 nitrogen and oxygen atoms in total. The van der Waals surface area contributed by atoms with Crippen molar-refractivity contribution in [1.29, 1.82) is 0 Å². The number of hydrogen-bond acceptors (Lipinski definition) is 3. The first-order chi connectivity index (χ1) is 9.27. The molecule has 0 aliphatic rings. The van der Waals surface area contributed by atoms with Crippen molar-refractivity contribution in [2.75, 3.05) is 13.7 Å². The maximum absolute atomic E-state index is 5.35. The molecule has 2 rings (SSSR count). The summed E-state index contributed by atoms with van der Waals surface area (Å²) in [5.41, 5.74) is 2.32. The highest BCUT2D eigenvalue weighted by Crippen LogP contribution is 2.18. The standard InChI is InChI=1S/C14H19N3OS/c1-3-6-13-15-16-14(19)17(13)12-8-5-4-7-11(12)9-10-18-2/h4-5,7-8H,3,6,9-10H2,1-2H3,(H,16,19). The molecule has 102 valence electrons. The number of methoxy groups -OCH3 is 1. The Kier molecular flexibility index (Phi) is 4.87. The Morgan fingerprint density at radius 1 is 1.32 bits per heavy atom. The van der Waals surface area contributed by atoms with Crippen molar-refractivity contribution in [1.82, 2.24) is 14.8 Å². The number of aryl methyl sites for hydroxylation is 1. The van der Waals surface area contributed by atoms with Crippen LogP contribution in [0.15, 0.2) is 24.3 Å². The molecule has 5 heteroatoms. The van der Waals surface area contributed by atoms with Crippen LogP contribution in [0.4, 0.5) is 0 Å². The number of ether oxygens (including phenoxy) is 1. The molecule has 0 saturated carbocycles. The fourth-order valence-corrected chi connectivity index (χ4v) is 2.37. The fourth-order valence-electron chi connectivity index (χ4n) is 2.12. The number of nitrogens with one attached hydrogen (secondary N) is 1. The van der Waals surface area contributed by atoms with Gasteiger partial charge in [-0.3, -0.25) is 9.67 Å². The summed E-state index contributed by atoms with van der Waals surface area (Å²) in [7, 11) is 1.72. The van der Waals surface area contributed by atoms with E-state index in [2.05, 4.69) is 29.3 Å². The van der Waals surface area contributed by atoms with E-state index in [-0.39, 0.29) is 0 Å². The summed E-state index contributed by atoms with van der Waals surface area (Å²) in [5.74, 6) is 0.984. The maximum atomic E-state index is 5.35. The summed E-state index contributed by atoms with van der Waals surface area (Å²) in [5, 5.41) is 7.21. The van der Waals surface area contributed by atoms with Crippen molar-refractivity contribution in [2.45, 2.75) is 26.2 Å². The number of hydrogen-bond donors (Lipinski definition) is 1. The normalized spacial score (nSPS) is 10.8. The maximum Gasteiger partial charge on any atom is 0.199 e. The van der Waals surface area contributed by atoms with E-state index >= 15 is 0 Å². The topological polar surface area (TPSA) is 42.8 Å². The third-order valence-electron chi connectivity index (χ3n) is 3.02. The smallest absolute Gasteiger partial charge is 0.199 e. The largest absolute Gasteiger partial charge is 0.384 e. The van der Waals surface area contributed by atoms with Gasteiger partial charge in [0.05, 0.1) is 12.3 Å². The van der Waals surface area contributed by atoms with Gasteiger partial charge in [0.25, 0.3) is 0 Å². The van der Waals surface area contributed by atoms with Crippen LogP contribution in [-0.4, -0.2) is 28.5 Å². The first-order valence-electron chi connectivity index (χ1n) is 6.51. The lowest BCUT2D eigenvalue weighted by molar-refractivity contribution is 0.202. The van der Waals surface area contributed by atoms with Gasteiger partial charge < -0.3 is 4.74 Å². The Balaban J connectivity index is 2.46. The summed E-state index contributed by atoms with van der Waals surface area (Å²) in [4.78, 5) is 0. The van der Waals surface area contributed by atoms with E-state index in [0.717, 1.165) is 30.8 Å². The van der Waals surface area contributed by atoms with E-state index < -0.39 is 0 Å². The average molecular weight is 277 g/mol. The van der Waals surface area contributed by atoms with E-state index in [9.17, 15) is 0 Å². The first-order valence-corrected chi connectivity index (χ1v) is 6.92. The van der Waals surface area contributed by atoms with E-state index in [0.29, 0.717) is 11.4 Å². The average Bonchev–Trinajstić information content (AvgIpc) is 2.78. The van der Waals surface area contributed by atoms with Crippen molar-refractivity contribution in [3.05, 3.63) is 40.4 Å². The fraction of sp³-hybridized carbons (Fsp3) is 0.429. The van der Waals surface area contributed by atoms with Crippen molar-refractivity contribution in [2.24, 2.45) is 0 Å². The molecule has 0 radical (unpaired) electrons. The number of nitrogens with zero attached hydrogens (tertiary/aromatic N) is 2. The van der Waals surface area contributed by atoms with Gasteiger partial charge in [-0.25, -0.2) is 0 Å². The minimum Gasteiger partial charge on any atom is -0.384 e. The van der Waals surface area contributed by atoms with E-state index in [1.165, 1.54) is 5.56 Å². The minimum absolute atomic E-state index is 0.647. The van der Waals surface area contributed by atoms with Crippen LogP contribution in [0.3, 0.4) is 0 Å². The molecule has 0 aliphatic heterocycles. The molecule has 2 aromatic rings. The Bertz CT molecular complexity index is 588. The SMILES string of the molecule is CCCc1n[nH]c(=S)n1-c1ccccc1CCOC. The van der Waals surface area contributed by atoms with Gasteiger partial charge in [0, 0.05) is 13.5 Å². The highest BCUT2D eigenvalue weighted by molar-refractivity contribution is 7.71. The lowest BCUT2D eigenvalue weighted by atomic mass is 10.1. The van der Waals surface area contributed by atoms with E-state index in [1.54, 1.807) is 7.11 Å². The number of para-hydroxylation sites is 1. The molecule has 1 heterocycles. The minimum atomic E-state index is 0.647. The number of aromatic amines is 1. The summed E-state index contributed by atoms with van der Waals surface area (Å²) in [6.07, 6.45) is 2.82. The molecule has 0 amide bonds. The van der Waals surface area contributed by atoms with Gasteiger partial charge in [-0.15, -0.1) is 0 Å². The van der Waals surface area contributed by atoms with Crippen LogP contribution in [0.2, 0.25) is 0 Å². The number of rotatable bonds is 6. The predicted octanol–water partition coefficient (Wildman–Crippen LogP) is 3.07.